The molecule has 16 heavy (non-hydrogen) atoms. The minimum absolute atomic E-state index is 0.195. The van der Waals surface area contributed by atoms with Crippen LogP contribution in [0.15, 0.2) is 30.3 Å². The van der Waals surface area contributed by atoms with Crippen molar-refractivity contribution in [3.05, 3.63) is 35.9 Å². The number of benzene rings is 1. The molecule has 90 valence electrons. The topological polar surface area (TPSA) is 3.24 Å². The molecule has 0 bridgehead atoms. The zero-order valence-electron chi connectivity index (χ0n) is 9.08. The largest absolute Gasteiger partial charge is 0.296 e. The Morgan fingerprint density at radius 2 is 1.81 bits per heavy atom. The standard InChI is InChI=1S/C12H16ClF2N/c13-7-9-16(10-12(14)15)8-6-11-4-2-1-3-5-11/h1-5,12H,6-10H2. The van der Waals surface area contributed by atoms with E-state index in [2.05, 4.69) is 0 Å². The van der Waals surface area contributed by atoms with Gasteiger partial charge in [-0.05, 0) is 12.0 Å². The van der Waals surface area contributed by atoms with Crippen molar-refractivity contribution in [2.75, 3.05) is 25.5 Å². The van der Waals surface area contributed by atoms with E-state index >= 15 is 0 Å². The Balaban J connectivity index is 2.37. The molecule has 0 aliphatic carbocycles. The summed E-state index contributed by atoms with van der Waals surface area (Å²) >= 11 is 5.57. The predicted molar refractivity (Wildman–Crippen MR) is 63.3 cm³/mol. The molecule has 0 N–H and O–H groups in total. The summed E-state index contributed by atoms with van der Waals surface area (Å²) in [6.45, 7) is 0.944. The molecule has 0 fully saturated rings. The highest BCUT2D eigenvalue weighted by Crippen LogP contribution is 2.04. The SMILES string of the molecule is FC(F)CN(CCCl)CCc1ccccc1. The summed E-state index contributed by atoms with van der Waals surface area (Å²) in [5, 5.41) is 0. The lowest BCUT2D eigenvalue weighted by Gasteiger charge is -2.20. The van der Waals surface area contributed by atoms with Gasteiger partial charge in [0.05, 0.1) is 6.54 Å². The van der Waals surface area contributed by atoms with Gasteiger partial charge in [0.1, 0.15) is 0 Å². The van der Waals surface area contributed by atoms with E-state index < -0.39 is 6.43 Å². The quantitative estimate of drug-likeness (QED) is 0.670. The monoisotopic (exact) mass is 247 g/mol. The van der Waals surface area contributed by atoms with Crippen molar-refractivity contribution < 1.29 is 8.78 Å². The number of rotatable bonds is 7. The van der Waals surface area contributed by atoms with E-state index in [1.165, 1.54) is 0 Å². The highest BCUT2D eigenvalue weighted by atomic mass is 35.5. The number of halogens is 3. The second kappa shape index (κ2) is 7.58. The van der Waals surface area contributed by atoms with E-state index in [-0.39, 0.29) is 6.54 Å². The number of hydrogen-bond acceptors (Lipinski definition) is 1. The molecule has 0 unspecified atom stereocenters. The average Bonchev–Trinajstić information content (AvgIpc) is 2.27. The number of hydrogen-bond donors (Lipinski definition) is 0. The van der Waals surface area contributed by atoms with Crippen molar-refractivity contribution in [3.63, 3.8) is 0 Å². The van der Waals surface area contributed by atoms with Crippen LogP contribution in [0.25, 0.3) is 0 Å². The molecule has 0 aliphatic heterocycles. The normalized spacial score (nSPS) is 11.3. The van der Waals surface area contributed by atoms with Gasteiger partial charge in [0.25, 0.3) is 6.43 Å². The molecule has 4 heteroatoms. The molecular weight excluding hydrogens is 232 g/mol. The molecule has 0 atom stereocenters. The van der Waals surface area contributed by atoms with Gasteiger partial charge in [0, 0.05) is 19.0 Å². The van der Waals surface area contributed by atoms with Crippen LogP contribution in [0.1, 0.15) is 5.56 Å². The second-order valence-corrected chi connectivity index (χ2v) is 3.99. The average molecular weight is 248 g/mol. The molecule has 0 aliphatic rings. The van der Waals surface area contributed by atoms with Gasteiger partial charge >= 0.3 is 0 Å². The molecule has 1 aromatic rings. The van der Waals surface area contributed by atoms with Crippen LogP contribution in [0.2, 0.25) is 0 Å². The fourth-order valence-electron chi connectivity index (χ4n) is 1.54. The van der Waals surface area contributed by atoms with Gasteiger partial charge in [-0.3, -0.25) is 4.90 Å². The zero-order valence-corrected chi connectivity index (χ0v) is 9.84. The van der Waals surface area contributed by atoms with Gasteiger partial charge in [-0.2, -0.15) is 0 Å². The summed E-state index contributed by atoms with van der Waals surface area (Å²) in [5.74, 6) is 0.390. The molecule has 0 amide bonds. The summed E-state index contributed by atoms with van der Waals surface area (Å²) in [6.07, 6.45) is -1.51. The zero-order chi connectivity index (χ0) is 11.8. The molecule has 1 rings (SSSR count). The van der Waals surface area contributed by atoms with Gasteiger partial charge in [0.15, 0.2) is 0 Å². The Bertz CT molecular complexity index is 280. The molecule has 0 heterocycles. The van der Waals surface area contributed by atoms with Crippen LogP contribution >= 0.6 is 11.6 Å². The Morgan fingerprint density at radius 1 is 1.12 bits per heavy atom. The van der Waals surface area contributed by atoms with Crippen LogP contribution in [0, 0.1) is 0 Å². The Morgan fingerprint density at radius 3 is 2.38 bits per heavy atom. The molecular formula is C12H16ClF2N. The summed E-state index contributed by atoms with van der Waals surface area (Å²) in [4.78, 5) is 1.70. The van der Waals surface area contributed by atoms with E-state index in [0.29, 0.717) is 19.0 Å². The van der Waals surface area contributed by atoms with Gasteiger partial charge in [-0.15, -0.1) is 11.6 Å². The fraction of sp³-hybridized carbons (Fsp3) is 0.500. The third-order valence-corrected chi connectivity index (χ3v) is 2.53. The molecule has 0 saturated heterocycles. The summed E-state index contributed by atoms with van der Waals surface area (Å²) < 4.78 is 24.5. The van der Waals surface area contributed by atoms with Crippen molar-refractivity contribution in [2.24, 2.45) is 0 Å². The second-order valence-electron chi connectivity index (χ2n) is 3.62. The first kappa shape index (κ1) is 13.4. The van der Waals surface area contributed by atoms with Crippen molar-refractivity contribution >= 4 is 11.6 Å². The van der Waals surface area contributed by atoms with Gasteiger partial charge < -0.3 is 0 Å². The van der Waals surface area contributed by atoms with Crippen LogP contribution in [-0.2, 0) is 6.42 Å². The number of nitrogens with zero attached hydrogens (tertiary/aromatic N) is 1. The van der Waals surface area contributed by atoms with Gasteiger partial charge in [-0.1, -0.05) is 30.3 Å². The molecule has 0 radical (unpaired) electrons. The van der Waals surface area contributed by atoms with E-state index in [9.17, 15) is 8.78 Å². The van der Waals surface area contributed by atoms with E-state index in [1.807, 2.05) is 30.3 Å². The highest BCUT2D eigenvalue weighted by molar-refractivity contribution is 6.18. The molecule has 0 spiro atoms. The molecule has 1 nitrogen and oxygen atoms in total. The van der Waals surface area contributed by atoms with Gasteiger partial charge in [-0.25, -0.2) is 8.78 Å². The first-order chi connectivity index (χ1) is 7.72. The summed E-state index contributed by atoms with van der Waals surface area (Å²) in [6, 6.07) is 9.85. The van der Waals surface area contributed by atoms with Crippen molar-refractivity contribution in [1.82, 2.24) is 4.90 Å². The maximum atomic E-state index is 12.2. The van der Waals surface area contributed by atoms with Crippen LogP contribution in [-0.4, -0.2) is 36.8 Å². The first-order valence-electron chi connectivity index (χ1n) is 5.32. The maximum Gasteiger partial charge on any atom is 0.251 e. The van der Waals surface area contributed by atoms with E-state index in [4.69, 9.17) is 11.6 Å². The maximum absolute atomic E-state index is 12.2. The Labute approximate surface area is 100 Å². The van der Waals surface area contributed by atoms with Crippen LogP contribution in [0.5, 0.6) is 0 Å². The van der Waals surface area contributed by atoms with Crippen molar-refractivity contribution in [3.8, 4) is 0 Å². The van der Waals surface area contributed by atoms with Crippen LogP contribution in [0.3, 0.4) is 0 Å². The van der Waals surface area contributed by atoms with Crippen LogP contribution < -0.4 is 0 Å². The molecule has 0 saturated carbocycles. The minimum Gasteiger partial charge on any atom is -0.296 e. The predicted octanol–water partition coefficient (Wildman–Crippen LogP) is 3.04. The lowest BCUT2D eigenvalue weighted by Crippen LogP contribution is -2.32. The number of alkyl halides is 3. The summed E-state index contributed by atoms with van der Waals surface area (Å²) in [5.41, 5.74) is 1.16. The van der Waals surface area contributed by atoms with Gasteiger partial charge in [0.2, 0.25) is 0 Å². The van der Waals surface area contributed by atoms with E-state index in [0.717, 1.165) is 12.0 Å². The first-order valence-corrected chi connectivity index (χ1v) is 5.86. The third-order valence-electron chi connectivity index (χ3n) is 2.36. The Kier molecular flexibility index (Phi) is 6.34. The molecule has 1 aromatic carbocycles. The van der Waals surface area contributed by atoms with Crippen molar-refractivity contribution in [1.29, 1.82) is 0 Å². The lowest BCUT2D eigenvalue weighted by molar-refractivity contribution is 0.0917. The Hall–Kier alpha value is -0.670. The highest BCUT2D eigenvalue weighted by Gasteiger charge is 2.11. The summed E-state index contributed by atoms with van der Waals surface area (Å²) in [7, 11) is 0. The van der Waals surface area contributed by atoms with Crippen molar-refractivity contribution in [2.45, 2.75) is 12.8 Å². The van der Waals surface area contributed by atoms with Crippen LogP contribution in [0.4, 0.5) is 8.78 Å². The fourth-order valence-corrected chi connectivity index (χ4v) is 1.78. The van der Waals surface area contributed by atoms with E-state index in [1.54, 1.807) is 4.90 Å². The lowest BCUT2D eigenvalue weighted by atomic mass is 10.1. The molecule has 0 aromatic heterocycles. The minimum atomic E-state index is -2.29. The third kappa shape index (κ3) is 5.42. The smallest absolute Gasteiger partial charge is 0.251 e.